The molecule has 1 atom stereocenters. The summed E-state index contributed by atoms with van der Waals surface area (Å²) in [5, 5.41) is 14.5. The number of aromatic nitrogens is 2. The van der Waals surface area contributed by atoms with Crippen LogP contribution >= 0.6 is 15.9 Å². The summed E-state index contributed by atoms with van der Waals surface area (Å²) in [4.78, 5) is 24.0. The number of carbonyl (C=O) groups is 1. The molecule has 0 radical (unpaired) electrons. The Morgan fingerprint density at radius 1 is 1.68 bits per heavy atom. The van der Waals surface area contributed by atoms with Crippen LogP contribution in [0.1, 0.15) is 19.8 Å². The molecule has 0 saturated carbocycles. The molecule has 1 aliphatic heterocycles. The van der Waals surface area contributed by atoms with Crippen LogP contribution in [0, 0.1) is 16.0 Å². The number of carbonyl (C=O) groups excluding carboxylic acids is 1. The summed E-state index contributed by atoms with van der Waals surface area (Å²) >= 11 is 3.06. The van der Waals surface area contributed by atoms with Gasteiger partial charge in [0.05, 0.1) is 11.3 Å². The van der Waals surface area contributed by atoms with E-state index in [4.69, 9.17) is 0 Å². The second-order valence-electron chi connectivity index (χ2n) is 4.84. The first-order valence-corrected chi connectivity index (χ1v) is 6.92. The molecule has 1 aromatic heterocycles. The third kappa shape index (κ3) is 3.31. The molecule has 0 aromatic carbocycles. The molecule has 2 heterocycles. The summed E-state index contributed by atoms with van der Waals surface area (Å²) in [6, 6.07) is 0. The minimum absolute atomic E-state index is 0.0408. The summed E-state index contributed by atoms with van der Waals surface area (Å²) in [5.74, 6) is 0.202. The van der Waals surface area contributed by atoms with E-state index in [9.17, 15) is 14.9 Å². The smallest absolute Gasteiger partial charge is 0.358 e. The lowest BCUT2D eigenvalue weighted by molar-refractivity contribution is -0.390. The maximum Gasteiger partial charge on any atom is 0.404 e. The van der Waals surface area contributed by atoms with Crippen LogP contribution in [0.2, 0.25) is 0 Å². The van der Waals surface area contributed by atoms with Gasteiger partial charge in [0.2, 0.25) is 5.91 Å². The maximum atomic E-state index is 12.1. The number of hydrogen-bond donors (Lipinski definition) is 0. The fraction of sp³-hybridized carbons (Fsp3) is 0.636. The summed E-state index contributed by atoms with van der Waals surface area (Å²) in [5.41, 5.74) is 0. The highest BCUT2D eigenvalue weighted by Gasteiger charge is 2.24. The van der Waals surface area contributed by atoms with Crippen LogP contribution < -0.4 is 0 Å². The third-order valence-electron chi connectivity index (χ3n) is 3.18. The van der Waals surface area contributed by atoms with Crippen molar-refractivity contribution in [2.75, 3.05) is 13.1 Å². The number of amides is 1. The van der Waals surface area contributed by atoms with Gasteiger partial charge in [-0.25, -0.2) is 0 Å². The monoisotopic (exact) mass is 330 g/mol. The largest absolute Gasteiger partial charge is 0.404 e. The topological polar surface area (TPSA) is 81.3 Å². The van der Waals surface area contributed by atoms with Crippen molar-refractivity contribution in [3.63, 3.8) is 0 Å². The highest BCUT2D eigenvalue weighted by atomic mass is 79.9. The fourth-order valence-electron chi connectivity index (χ4n) is 2.25. The standard InChI is InChI=1S/C11H15BrN4O3/c1-8-3-2-4-14(5-8)10(17)7-15-6-9(12)11(13-15)16(18)19/h6,8H,2-5,7H2,1H3/t8-/m1/s1. The van der Waals surface area contributed by atoms with Gasteiger partial charge < -0.3 is 15.0 Å². The quantitative estimate of drug-likeness (QED) is 0.625. The number of likely N-dealkylation sites (tertiary alicyclic amines) is 1. The number of nitro groups is 1. The van der Waals surface area contributed by atoms with Gasteiger partial charge in [-0.05, 0) is 39.6 Å². The van der Waals surface area contributed by atoms with Gasteiger partial charge in [-0.2, -0.15) is 4.68 Å². The Morgan fingerprint density at radius 3 is 3.00 bits per heavy atom. The van der Waals surface area contributed by atoms with E-state index in [1.165, 1.54) is 10.9 Å². The van der Waals surface area contributed by atoms with Crippen LogP contribution in [0.5, 0.6) is 0 Å². The zero-order valence-electron chi connectivity index (χ0n) is 10.6. The first-order valence-electron chi connectivity index (χ1n) is 6.12. The molecule has 0 bridgehead atoms. The molecule has 1 aromatic rings. The molecule has 1 saturated heterocycles. The minimum Gasteiger partial charge on any atom is -0.358 e. The van der Waals surface area contributed by atoms with Crippen molar-refractivity contribution in [3.8, 4) is 0 Å². The summed E-state index contributed by atoms with van der Waals surface area (Å²) < 4.78 is 1.60. The molecule has 104 valence electrons. The Bertz CT molecular complexity index is 502. The van der Waals surface area contributed by atoms with Crippen molar-refractivity contribution in [3.05, 3.63) is 20.8 Å². The van der Waals surface area contributed by atoms with Crippen molar-refractivity contribution in [1.29, 1.82) is 0 Å². The van der Waals surface area contributed by atoms with Crippen molar-refractivity contribution < 1.29 is 9.72 Å². The van der Waals surface area contributed by atoms with Gasteiger partial charge in [0.15, 0.2) is 0 Å². The Balaban J connectivity index is 2.02. The molecule has 7 nitrogen and oxygen atoms in total. The molecule has 1 fully saturated rings. The normalized spacial score (nSPS) is 19.5. The van der Waals surface area contributed by atoms with E-state index in [2.05, 4.69) is 28.0 Å². The van der Waals surface area contributed by atoms with E-state index in [1.807, 2.05) is 0 Å². The second kappa shape index (κ2) is 5.68. The Hall–Kier alpha value is -1.44. The molecule has 0 spiro atoms. The van der Waals surface area contributed by atoms with Gasteiger partial charge in [-0.15, -0.1) is 0 Å². The summed E-state index contributed by atoms with van der Waals surface area (Å²) in [7, 11) is 0. The molecule has 19 heavy (non-hydrogen) atoms. The maximum absolute atomic E-state index is 12.1. The Kier molecular flexibility index (Phi) is 4.18. The number of halogens is 1. The number of rotatable bonds is 3. The van der Waals surface area contributed by atoms with Gasteiger partial charge in [0, 0.05) is 13.1 Å². The van der Waals surface area contributed by atoms with Crippen molar-refractivity contribution in [1.82, 2.24) is 14.7 Å². The molecule has 1 aliphatic rings. The van der Waals surface area contributed by atoms with Gasteiger partial charge >= 0.3 is 5.82 Å². The van der Waals surface area contributed by atoms with E-state index in [1.54, 1.807) is 4.90 Å². The molecular weight excluding hydrogens is 316 g/mol. The zero-order valence-corrected chi connectivity index (χ0v) is 12.2. The molecule has 0 aliphatic carbocycles. The second-order valence-corrected chi connectivity index (χ2v) is 5.70. The van der Waals surface area contributed by atoms with Gasteiger partial charge in [-0.3, -0.25) is 4.79 Å². The lowest BCUT2D eigenvalue weighted by Gasteiger charge is -2.30. The lowest BCUT2D eigenvalue weighted by Crippen LogP contribution is -2.40. The Morgan fingerprint density at radius 2 is 2.42 bits per heavy atom. The zero-order chi connectivity index (χ0) is 14.0. The van der Waals surface area contributed by atoms with E-state index in [0.717, 1.165) is 25.9 Å². The van der Waals surface area contributed by atoms with Crippen LogP contribution in [0.25, 0.3) is 0 Å². The highest BCUT2D eigenvalue weighted by molar-refractivity contribution is 9.10. The third-order valence-corrected chi connectivity index (χ3v) is 3.74. The predicted octanol–water partition coefficient (Wildman–Crippen LogP) is 1.81. The molecular formula is C11H15BrN4O3. The molecule has 0 unspecified atom stereocenters. The number of piperidine rings is 1. The van der Waals surface area contributed by atoms with Gasteiger partial charge in [0.1, 0.15) is 11.0 Å². The fourth-order valence-corrected chi connectivity index (χ4v) is 2.71. The van der Waals surface area contributed by atoms with Crippen molar-refractivity contribution >= 4 is 27.7 Å². The van der Waals surface area contributed by atoms with Crippen LogP contribution in [0.15, 0.2) is 10.7 Å². The van der Waals surface area contributed by atoms with Crippen molar-refractivity contribution in [2.24, 2.45) is 5.92 Å². The van der Waals surface area contributed by atoms with Crippen LogP contribution in [0.4, 0.5) is 5.82 Å². The Labute approximate surface area is 118 Å². The number of hydrogen-bond acceptors (Lipinski definition) is 4. The lowest BCUT2D eigenvalue weighted by atomic mass is 10.0. The average Bonchev–Trinajstić information content (AvgIpc) is 2.70. The van der Waals surface area contributed by atoms with Crippen LogP contribution in [-0.2, 0) is 11.3 Å². The van der Waals surface area contributed by atoms with Crippen LogP contribution in [0.3, 0.4) is 0 Å². The van der Waals surface area contributed by atoms with E-state index in [0.29, 0.717) is 5.92 Å². The molecule has 0 N–H and O–H groups in total. The minimum atomic E-state index is -0.575. The van der Waals surface area contributed by atoms with Gasteiger partial charge in [-0.1, -0.05) is 6.92 Å². The highest BCUT2D eigenvalue weighted by Crippen LogP contribution is 2.22. The molecule has 2 rings (SSSR count). The van der Waals surface area contributed by atoms with E-state index < -0.39 is 4.92 Å². The SMILES string of the molecule is C[C@@H]1CCCN(C(=O)Cn2cc(Br)c([N+](=O)[O-])n2)C1. The average molecular weight is 331 g/mol. The predicted molar refractivity (Wildman–Crippen MR) is 71.6 cm³/mol. The number of nitrogens with zero attached hydrogens (tertiary/aromatic N) is 4. The van der Waals surface area contributed by atoms with E-state index in [-0.39, 0.29) is 22.7 Å². The molecule has 1 amide bonds. The van der Waals surface area contributed by atoms with E-state index >= 15 is 0 Å². The summed E-state index contributed by atoms with van der Waals surface area (Å²) in [6.07, 6.45) is 3.61. The van der Waals surface area contributed by atoms with Crippen molar-refractivity contribution in [2.45, 2.75) is 26.3 Å². The molecule has 8 heteroatoms. The van der Waals surface area contributed by atoms with Crippen LogP contribution in [-0.4, -0.2) is 38.6 Å². The first kappa shape index (κ1) is 14.0. The van der Waals surface area contributed by atoms with Gasteiger partial charge in [0.25, 0.3) is 0 Å². The summed E-state index contributed by atoms with van der Waals surface area (Å²) in [6.45, 7) is 3.67. The first-order chi connectivity index (χ1) is 8.97.